The van der Waals surface area contributed by atoms with Gasteiger partial charge in [-0.1, -0.05) is 140 Å². The lowest BCUT2D eigenvalue weighted by atomic mass is 9.85. The lowest BCUT2D eigenvalue weighted by Gasteiger charge is -2.18. The third kappa shape index (κ3) is 4.97. The van der Waals surface area contributed by atoms with Crippen molar-refractivity contribution in [2.75, 3.05) is 0 Å². The third-order valence-corrected chi connectivity index (χ3v) is 9.48. The summed E-state index contributed by atoms with van der Waals surface area (Å²) in [5.41, 5.74) is 9.70. The molecule has 0 radical (unpaired) electrons. The SMILES string of the molecule is C=C1/C(c2ccccc2)=N\c2cccc(c2C)C(=O)C(=O)Cc2c1cccc2-c1ccc(-c2cc3ccccc3c3ccccc23)cc1. The predicted molar refractivity (Wildman–Crippen MR) is 198 cm³/mol. The molecule has 1 aliphatic rings. The van der Waals surface area contributed by atoms with E-state index < -0.39 is 11.6 Å². The number of carbonyl (C=O) groups excluding carboxylic acids is 2. The highest BCUT2D eigenvalue weighted by molar-refractivity contribution is 6.45. The summed E-state index contributed by atoms with van der Waals surface area (Å²) in [6.45, 7) is 6.40. The van der Waals surface area contributed by atoms with Crippen LogP contribution in [0.2, 0.25) is 0 Å². The van der Waals surface area contributed by atoms with E-state index in [4.69, 9.17) is 4.99 Å². The molecule has 7 aromatic carbocycles. The molecule has 0 N–H and O–H groups in total. The number of nitrogens with zero attached hydrogens (tertiary/aromatic N) is 1. The number of hydrogen-bond donors (Lipinski definition) is 0. The van der Waals surface area contributed by atoms with Gasteiger partial charge in [0.25, 0.3) is 0 Å². The average molecular weight is 618 g/mol. The first kappa shape index (κ1) is 29.2. The van der Waals surface area contributed by atoms with E-state index >= 15 is 0 Å². The Labute approximate surface area is 279 Å². The number of carbonyl (C=O) groups is 2. The number of Topliss-reactive ketones (excluding diaryl/α,β-unsaturated/α-hetero) is 2. The minimum Gasteiger partial charge on any atom is -0.290 e. The molecular weight excluding hydrogens is 587 g/mol. The molecule has 0 fully saturated rings. The lowest BCUT2D eigenvalue weighted by Crippen LogP contribution is -2.19. The van der Waals surface area contributed by atoms with E-state index in [0.29, 0.717) is 28.1 Å². The first-order chi connectivity index (χ1) is 23.5. The second-order valence-electron chi connectivity index (χ2n) is 12.3. The quantitative estimate of drug-likeness (QED) is 0.146. The van der Waals surface area contributed by atoms with Crippen LogP contribution in [0.1, 0.15) is 32.6 Å². The van der Waals surface area contributed by atoms with Crippen molar-refractivity contribution in [2.45, 2.75) is 13.3 Å². The summed E-state index contributed by atoms with van der Waals surface area (Å²) >= 11 is 0. The fraction of sp³-hybridized carbons (Fsp3) is 0.0444. The van der Waals surface area contributed by atoms with Crippen LogP contribution in [0.15, 0.2) is 157 Å². The van der Waals surface area contributed by atoms with Crippen LogP contribution in [0.5, 0.6) is 0 Å². The zero-order chi connectivity index (χ0) is 32.8. The molecule has 0 amide bonds. The summed E-state index contributed by atoms with van der Waals surface area (Å²) in [6, 6.07) is 49.1. The summed E-state index contributed by atoms with van der Waals surface area (Å²) in [5.74, 6) is -0.961. The second kappa shape index (κ2) is 11.9. The van der Waals surface area contributed by atoms with Crippen LogP contribution in [0.25, 0.3) is 49.4 Å². The number of rotatable bonds is 3. The van der Waals surface area contributed by atoms with Crippen molar-refractivity contribution < 1.29 is 9.59 Å². The van der Waals surface area contributed by atoms with Crippen molar-refractivity contribution >= 4 is 50.1 Å². The molecule has 1 aliphatic heterocycles. The van der Waals surface area contributed by atoms with Gasteiger partial charge in [0, 0.05) is 23.1 Å². The van der Waals surface area contributed by atoms with Gasteiger partial charge in [0.05, 0.1) is 11.4 Å². The zero-order valence-corrected chi connectivity index (χ0v) is 26.5. The standard InChI is InChI=1S/C45H31NO2/c1-28-35-19-11-21-42(28)46-44(32-12-4-3-5-13-32)29(2)34-18-10-20-36(41(34)27-43(47)45(35)48)30-22-24-31(25-23-30)40-26-33-14-6-7-15-37(33)38-16-8-9-17-39(38)40/h3-26H,2,27H2,1H3/b46-44+. The van der Waals surface area contributed by atoms with Crippen LogP contribution in [0.4, 0.5) is 5.69 Å². The Kier molecular flexibility index (Phi) is 7.23. The molecule has 228 valence electrons. The molecule has 7 aromatic rings. The molecule has 8 rings (SSSR count). The number of allylic oxidation sites excluding steroid dienone is 1. The van der Waals surface area contributed by atoms with Crippen molar-refractivity contribution in [2.24, 2.45) is 4.99 Å². The van der Waals surface area contributed by atoms with Crippen LogP contribution in [-0.2, 0) is 11.2 Å². The van der Waals surface area contributed by atoms with Crippen LogP contribution in [0.3, 0.4) is 0 Å². The third-order valence-electron chi connectivity index (χ3n) is 9.48. The summed E-state index contributed by atoms with van der Waals surface area (Å²) in [4.78, 5) is 32.5. The molecule has 2 bridgehead atoms. The Morgan fingerprint density at radius 1 is 0.542 bits per heavy atom. The Balaban J connectivity index is 1.28. The van der Waals surface area contributed by atoms with Gasteiger partial charge in [-0.3, -0.25) is 9.59 Å². The minimum atomic E-state index is -0.502. The van der Waals surface area contributed by atoms with Crippen molar-refractivity contribution in [1.29, 1.82) is 0 Å². The average Bonchev–Trinajstić information content (AvgIpc) is 3.14. The topological polar surface area (TPSA) is 46.5 Å². The highest BCUT2D eigenvalue weighted by Crippen LogP contribution is 2.38. The molecular formula is C45H31NO2. The molecule has 0 saturated heterocycles. The van der Waals surface area contributed by atoms with Gasteiger partial charge in [0.15, 0.2) is 0 Å². The van der Waals surface area contributed by atoms with Crippen molar-refractivity contribution in [1.82, 2.24) is 0 Å². The molecule has 3 nitrogen and oxygen atoms in total. The van der Waals surface area contributed by atoms with E-state index in [-0.39, 0.29) is 6.42 Å². The van der Waals surface area contributed by atoms with E-state index in [9.17, 15) is 9.59 Å². The van der Waals surface area contributed by atoms with E-state index in [1.807, 2.05) is 61.5 Å². The first-order valence-corrected chi connectivity index (χ1v) is 16.1. The van der Waals surface area contributed by atoms with Gasteiger partial charge in [-0.25, -0.2) is 4.99 Å². The van der Waals surface area contributed by atoms with Crippen LogP contribution >= 0.6 is 0 Å². The fourth-order valence-corrected chi connectivity index (χ4v) is 6.98. The molecule has 0 atom stereocenters. The fourth-order valence-electron chi connectivity index (χ4n) is 6.98. The molecule has 0 aliphatic carbocycles. The van der Waals surface area contributed by atoms with Gasteiger partial charge in [0.2, 0.25) is 11.6 Å². The number of fused-ring (bicyclic) bond motifs is 6. The highest BCUT2D eigenvalue weighted by atomic mass is 16.2. The van der Waals surface area contributed by atoms with E-state index in [2.05, 4.69) is 85.4 Å². The van der Waals surface area contributed by atoms with Crippen molar-refractivity contribution in [3.8, 4) is 22.3 Å². The maximum Gasteiger partial charge on any atom is 0.229 e. The van der Waals surface area contributed by atoms with Gasteiger partial charge in [-0.2, -0.15) is 0 Å². The summed E-state index contributed by atoms with van der Waals surface area (Å²) in [6.07, 6.45) is -0.0494. The van der Waals surface area contributed by atoms with Crippen LogP contribution in [-0.4, -0.2) is 17.3 Å². The Morgan fingerprint density at radius 3 is 1.92 bits per heavy atom. The molecule has 0 aromatic heterocycles. The van der Waals surface area contributed by atoms with Gasteiger partial charge >= 0.3 is 0 Å². The van der Waals surface area contributed by atoms with Gasteiger partial charge in [-0.15, -0.1) is 0 Å². The molecule has 0 saturated carbocycles. The normalized spacial score (nSPS) is 14.4. The smallest absolute Gasteiger partial charge is 0.229 e. The molecule has 48 heavy (non-hydrogen) atoms. The number of ketones is 2. The minimum absolute atomic E-state index is 0.0494. The van der Waals surface area contributed by atoms with Crippen molar-refractivity contribution in [3.63, 3.8) is 0 Å². The molecule has 0 unspecified atom stereocenters. The summed E-state index contributed by atoms with van der Waals surface area (Å²) in [7, 11) is 0. The maximum atomic E-state index is 13.8. The lowest BCUT2D eigenvalue weighted by molar-refractivity contribution is -0.114. The Hall–Kier alpha value is -6.19. The van der Waals surface area contributed by atoms with E-state index in [1.165, 1.54) is 27.1 Å². The van der Waals surface area contributed by atoms with Gasteiger partial charge in [0.1, 0.15) is 0 Å². The Morgan fingerprint density at radius 2 is 1.15 bits per heavy atom. The summed E-state index contributed by atoms with van der Waals surface area (Å²) < 4.78 is 0. The number of benzene rings is 7. The monoisotopic (exact) mass is 617 g/mol. The predicted octanol–water partition coefficient (Wildman–Crippen LogP) is 10.8. The highest BCUT2D eigenvalue weighted by Gasteiger charge is 2.26. The molecule has 3 heteroatoms. The van der Waals surface area contributed by atoms with Gasteiger partial charge < -0.3 is 0 Å². The summed E-state index contributed by atoms with van der Waals surface area (Å²) in [5, 5.41) is 4.85. The van der Waals surface area contributed by atoms with Crippen LogP contribution in [0, 0.1) is 6.92 Å². The van der Waals surface area contributed by atoms with Crippen molar-refractivity contribution in [3.05, 3.63) is 180 Å². The van der Waals surface area contributed by atoms with Gasteiger partial charge in [-0.05, 0) is 79.5 Å². The first-order valence-electron chi connectivity index (χ1n) is 16.1. The number of aliphatic imine (C=N–C) groups is 1. The molecule has 0 spiro atoms. The second-order valence-corrected chi connectivity index (χ2v) is 12.3. The van der Waals surface area contributed by atoms with E-state index in [0.717, 1.165) is 33.4 Å². The Bertz CT molecular complexity index is 2470. The van der Waals surface area contributed by atoms with Crippen LogP contribution < -0.4 is 0 Å². The number of hydrogen-bond acceptors (Lipinski definition) is 3. The molecule has 1 heterocycles. The maximum absolute atomic E-state index is 13.8. The largest absolute Gasteiger partial charge is 0.290 e. The zero-order valence-electron chi connectivity index (χ0n) is 26.5. The van der Waals surface area contributed by atoms with E-state index in [1.54, 1.807) is 12.1 Å².